The molecule has 0 heterocycles. The molecule has 3 aromatic rings. The van der Waals surface area contributed by atoms with E-state index in [-0.39, 0.29) is 12.6 Å². The van der Waals surface area contributed by atoms with Gasteiger partial charge in [-0.15, -0.1) is 0 Å². The Morgan fingerprint density at radius 3 is 1.50 bits per heavy atom. The minimum absolute atomic E-state index is 0.372. The lowest BCUT2D eigenvalue weighted by Gasteiger charge is -2.55. The Bertz CT molecular complexity index is 1310. The second-order valence-corrected chi connectivity index (χ2v) is 15.5. The summed E-state index contributed by atoms with van der Waals surface area (Å²) in [5.41, 5.74) is -5.84. The van der Waals surface area contributed by atoms with Crippen LogP contribution >= 0.6 is 7.92 Å². The van der Waals surface area contributed by atoms with Crippen molar-refractivity contribution in [1.29, 1.82) is 0 Å². The van der Waals surface area contributed by atoms with Gasteiger partial charge in [0.25, 0.3) is 0 Å². The standard InChI is InChI=1S/C18H15P.C14H20F3NO4S/c1-4-10-16(11-5-1)19(17-12-6-2-7-13-17)18-14-8-3-9-15-18;15-14(16,17)23(20,21)18-1-2-22-12(19)13-6-9-3-10(7-13)5-11(4-9)8-13/h1-15H;9-11,18H,1-8H2. The lowest BCUT2D eigenvalue weighted by Crippen LogP contribution is -2.50. The van der Waals surface area contributed by atoms with E-state index >= 15 is 0 Å². The van der Waals surface area contributed by atoms with Crippen LogP contribution in [0.5, 0.6) is 0 Å². The first-order chi connectivity index (χ1) is 20.1. The first-order valence-corrected chi connectivity index (χ1v) is 17.1. The van der Waals surface area contributed by atoms with Gasteiger partial charge in [0.05, 0.1) is 5.41 Å². The zero-order valence-electron chi connectivity index (χ0n) is 23.2. The van der Waals surface area contributed by atoms with E-state index in [2.05, 4.69) is 91.0 Å². The van der Waals surface area contributed by atoms with E-state index < -0.39 is 35.4 Å². The Morgan fingerprint density at radius 2 is 1.14 bits per heavy atom. The first kappa shape index (κ1) is 30.7. The van der Waals surface area contributed by atoms with Crippen molar-refractivity contribution < 1.29 is 31.1 Å². The Kier molecular flexibility index (Phi) is 9.41. The summed E-state index contributed by atoms with van der Waals surface area (Å²) < 4.78 is 64.7. The summed E-state index contributed by atoms with van der Waals surface area (Å²) in [5, 5.41) is 4.19. The number of alkyl halides is 3. The number of ether oxygens (including phenoxy) is 1. The molecule has 4 aliphatic carbocycles. The predicted molar refractivity (Wildman–Crippen MR) is 160 cm³/mol. The fourth-order valence-corrected chi connectivity index (χ4v) is 9.91. The number of sulfonamides is 1. The van der Waals surface area contributed by atoms with Crippen LogP contribution in [0.15, 0.2) is 91.0 Å². The molecular formula is C32H35F3NO4PS. The number of halogens is 3. The molecule has 0 atom stereocenters. The fraction of sp³-hybridized carbons (Fsp3) is 0.406. The van der Waals surface area contributed by atoms with E-state index in [1.807, 2.05) is 0 Å². The van der Waals surface area contributed by atoms with E-state index in [0.29, 0.717) is 17.8 Å². The van der Waals surface area contributed by atoms with Crippen LogP contribution in [0.1, 0.15) is 38.5 Å². The molecule has 4 saturated carbocycles. The second-order valence-electron chi connectivity index (χ2n) is 11.5. The number of carbonyl (C=O) groups excluding carboxylic acids is 1. The Balaban J connectivity index is 0.000000171. The fourth-order valence-electron chi connectivity index (χ4n) is 7.09. The van der Waals surface area contributed by atoms with Crippen molar-refractivity contribution >= 4 is 39.8 Å². The largest absolute Gasteiger partial charge is 0.511 e. The first-order valence-electron chi connectivity index (χ1n) is 14.2. The zero-order valence-corrected chi connectivity index (χ0v) is 24.9. The average molecular weight is 618 g/mol. The van der Waals surface area contributed by atoms with E-state index in [1.54, 1.807) is 0 Å². The summed E-state index contributed by atoms with van der Waals surface area (Å²) in [6, 6.07) is 32.3. The number of carbonyl (C=O) groups is 1. The van der Waals surface area contributed by atoms with Gasteiger partial charge in [0.2, 0.25) is 0 Å². The van der Waals surface area contributed by atoms with Crippen molar-refractivity contribution in [2.75, 3.05) is 13.2 Å². The lowest BCUT2D eigenvalue weighted by atomic mass is 9.49. The summed E-state index contributed by atoms with van der Waals surface area (Å²) >= 11 is 0. The summed E-state index contributed by atoms with van der Waals surface area (Å²) in [6.45, 7) is -0.949. The molecule has 0 spiro atoms. The zero-order chi connectivity index (χ0) is 29.8. The van der Waals surface area contributed by atoms with Crippen LogP contribution in [-0.4, -0.2) is 33.0 Å². The monoisotopic (exact) mass is 617 g/mol. The summed E-state index contributed by atoms with van der Waals surface area (Å²) in [7, 11) is -5.83. The van der Waals surface area contributed by atoms with E-state index in [0.717, 1.165) is 38.5 Å². The molecule has 0 aliphatic heterocycles. The number of esters is 1. The van der Waals surface area contributed by atoms with Crippen LogP contribution in [0.2, 0.25) is 0 Å². The van der Waals surface area contributed by atoms with Crippen LogP contribution in [0.3, 0.4) is 0 Å². The maximum absolute atomic E-state index is 12.4. The molecule has 0 radical (unpaired) electrons. The molecule has 0 saturated heterocycles. The van der Waals surface area contributed by atoms with Crippen molar-refractivity contribution in [2.24, 2.45) is 23.2 Å². The Labute approximate surface area is 246 Å². The van der Waals surface area contributed by atoms with Crippen LogP contribution in [0, 0.1) is 23.2 Å². The van der Waals surface area contributed by atoms with Crippen LogP contribution in [-0.2, 0) is 19.6 Å². The summed E-state index contributed by atoms with van der Waals surface area (Å²) in [6.07, 6.45) is 5.89. The number of hydrogen-bond acceptors (Lipinski definition) is 4. The smallest absolute Gasteiger partial charge is 0.464 e. The number of benzene rings is 3. The van der Waals surface area contributed by atoms with E-state index in [4.69, 9.17) is 4.74 Å². The third kappa shape index (κ3) is 7.07. The molecule has 7 rings (SSSR count). The molecule has 0 amide bonds. The molecule has 10 heteroatoms. The van der Waals surface area contributed by atoms with Gasteiger partial charge >= 0.3 is 21.5 Å². The highest BCUT2D eigenvalue weighted by Gasteiger charge is 2.55. The normalized spacial score (nSPS) is 24.6. The Morgan fingerprint density at radius 1 is 0.762 bits per heavy atom. The second kappa shape index (κ2) is 12.9. The molecule has 42 heavy (non-hydrogen) atoms. The van der Waals surface area contributed by atoms with Gasteiger partial charge in [-0.25, -0.2) is 13.1 Å². The third-order valence-corrected chi connectivity index (χ3v) is 12.1. The SMILES string of the molecule is O=C(OCCNS(=O)(=O)C(F)(F)F)C12CC3CC(CC(C3)C1)C2.c1ccc(P(c2ccccc2)c2ccccc2)cc1. The molecule has 5 nitrogen and oxygen atoms in total. The Hall–Kier alpha value is -2.74. The number of rotatable bonds is 8. The highest BCUT2D eigenvalue weighted by molar-refractivity contribution is 7.90. The molecular weight excluding hydrogens is 582 g/mol. The molecule has 4 bridgehead atoms. The minimum atomic E-state index is -5.38. The maximum atomic E-state index is 12.4. The van der Waals surface area contributed by atoms with Crippen molar-refractivity contribution in [2.45, 2.75) is 44.0 Å². The molecule has 3 aromatic carbocycles. The topological polar surface area (TPSA) is 72.5 Å². The highest BCUT2D eigenvalue weighted by atomic mass is 32.2. The van der Waals surface area contributed by atoms with E-state index in [9.17, 15) is 26.4 Å². The van der Waals surface area contributed by atoms with Gasteiger partial charge in [-0.05, 0) is 80.1 Å². The molecule has 0 aromatic heterocycles. The van der Waals surface area contributed by atoms with Crippen molar-refractivity contribution in [3.8, 4) is 0 Å². The molecule has 224 valence electrons. The van der Waals surface area contributed by atoms with Gasteiger partial charge in [-0.2, -0.15) is 13.2 Å². The molecule has 0 unspecified atom stereocenters. The van der Waals surface area contributed by atoms with Gasteiger partial charge in [0.15, 0.2) is 0 Å². The van der Waals surface area contributed by atoms with E-state index in [1.165, 1.54) is 20.6 Å². The summed E-state index contributed by atoms with van der Waals surface area (Å²) in [5.74, 6) is 1.29. The predicted octanol–water partition coefficient (Wildman–Crippen LogP) is 5.63. The quantitative estimate of drug-likeness (QED) is 0.202. The molecule has 4 fully saturated rings. The van der Waals surface area contributed by atoms with Gasteiger partial charge < -0.3 is 4.74 Å². The average Bonchev–Trinajstić information content (AvgIpc) is 2.96. The molecule has 1 N–H and O–H groups in total. The highest BCUT2D eigenvalue weighted by Crippen LogP contribution is 2.60. The molecule has 4 aliphatic rings. The van der Waals surface area contributed by atoms with Gasteiger partial charge in [0.1, 0.15) is 6.61 Å². The number of hydrogen-bond donors (Lipinski definition) is 1. The number of nitrogens with one attached hydrogen (secondary N) is 1. The van der Waals surface area contributed by atoms with Crippen molar-refractivity contribution in [3.63, 3.8) is 0 Å². The maximum Gasteiger partial charge on any atom is 0.511 e. The van der Waals surface area contributed by atoms with Crippen LogP contribution in [0.25, 0.3) is 0 Å². The van der Waals surface area contributed by atoms with Crippen molar-refractivity contribution in [3.05, 3.63) is 91.0 Å². The van der Waals surface area contributed by atoms with Gasteiger partial charge in [-0.3, -0.25) is 4.79 Å². The summed E-state index contributed by atoms with van der Waals surface area (Å²) in [4.78, 5) is 12.4. The lowest BCUT2D eigenvalue weighted by molar-refractivity contribution is -0.171. The van der Waals surface area contributed by atoms with Gasteiger partial charge in [-0.1, -0.05) is 91.0 Å². The third-order valence-electron chi connectivity index (χ3n) is 8.45. The van der Waals surface area contributed by atoms with Crippen LogP contribution in [0.4, 0.5) is 13.2 Å². The van der Waals surface area contributed by atoms with Crippen LogP contribution < -0.4 is 20.6 Å². The van der Waals surface area contributed by atoms with Gasteiger partial charge in [0, 0.05) is 6.54 Å². The van der Waals surface area contributed by atoms with Crippen molar-refractivity contribution in [1.82, 2.24) is 4.72 Å². The minimum Gasteiger partial charge on any atom is -0.464 e.